The molecule has 1 aliphatic heterocycles. The van der Waals surface area contributed by atoms with Crippen LogP contribution in [0.5, 0.6) is 0 Å². The molecule has 1 fully saturated rings. The van der Waals surface area contributed by atoms with E-state index in [1.54, 1.807) is 11.0 Å². The second kappa shape index (κ2) is 7.13. The van der Waals surface area contributed by atoms with Crippen LogP contribution in [0, 0.1) is 0 Å². The number of hydrogen-bond acceptors (Lipinski definition) is 4. The third-order valence-electron chi connectivity index (χ3n) is 3.89. The van der Waals surface area contributed by atoms with Crippen LogP contribution >= 0.6 is 11.3 Å². The molecule has 0 saturated carbocycles. The molecule has 1 aromatic heterocycles. The van der Waals surface area contributed by atoms with Gasteiger partial charge in [-0.15, -0.1) is 11.3 Å². The van der Waals surface area contributed by atoms with E-state index in [-0.39, 0.29) is 18.0 Å². The van der Waals surface area contributed by atoms with Gasteiger partial charge >= 0.3 is 0 Å². The van der Waals surface area contributed by atoms with Crippen LogP contribution in [0.1, 0.15) is 38.5 Å². The van der Waals surface area contributed by atoms with E-state index in [1.165, 1.54) is 11.3 Å². The maximum atomic E-state index is 12.5. The number of piperidine rings is 1. The van der Waals surface area contributed by atoms with Crippen LogP contribution in [-0.4, -0.2) is 45.4 Å². The second-order valence-electron chi connectivity index (χ2n) is 6.96. The van der Waals surface area contributed by atoms with E-state index in [2.05, 4.69) is 4.72 Å². The van der Waals surface area contributed by atoms with Gasteiger partial charge in [-0.25, -0.2) is 21.9 Å². The third kappa shape index (κ3) is 5.20. The quantitative estimate of drug-likeness (QED) is 0.871. The van der Waals surface area contributed by atoms with Crippen molar-refractivity contribution in [2.24, 2.45) is 0 Å². The molecule has 0 bridgehead atoms. The van der Waals surface area contributed by atoms with Crippen molar-refractivity contribution < 1.29 is 17.2 Å². The normalized spacial score (nSPS) is 18.7. The number of rotatable bonds is 5. The lowest BCUT2D eigenvalue weighted by molar-refractivity contribution is 0.0747. The lowest BCUT2D eigenvalue weighted by Crippen LogP contribution is -2.45. The fourth-order valence-corrected chi connectivity index (χ4v) is 5.26. The van der Waals surface area contributed by atoms with E-state index in [1.807, 2.05) is 26.8 Å². The number of hydrogen-bond donors (Lipinski definition) is 1. The monoisotopic (exact) mass is 366 g/mol. The van der Waals surface area contributed by atoms with Crippen LogP contribution in [-0.2, 0) is 15.4 Å². The molecule has 23 heavy (non-hydrogen) atoms. The molecule has 1 aromatic rings. The second-order valence-corrected chi connectivity index (χ2v) is 9.98. The number of alkyl halides is 2. The first-order chi connectivity index (χ1) is 10.6. The zero-order chi connectivity index (χ0) is 17.3. The highest BCUT2D eigenvalue weighted by Crippen LogP contribution is 2.31. The summed E-state index contributed by atoms with van der Waals surface area (Å²) in [6, 6.07) is 3.30. The molecule has 4 nitrogen and oxygen atoms in total. The van der Waals surface area contributed by atoms with E-state index < -0.39 is 16.4 Å². The predicted molar refractivity (Wildman–Crippen MR) is 88.8 cm³/mol. The number of thiophene rings is 1. The van der Waals surface area contributed by atoms with E-state index >= 15 is 0 Å². The summed E-state index contributed by atoms with van der Waals surface area (Å²) in [5.74, 6) is 0. The fraction of sp³-hybridized carbons (Fsp3) is 0.733. The highest BCUT2D eigenvalue weighted by Gasteiger charge is 2.27. The van der Waals surface area contributed by atoms with Crippen LogP contribution < -0.4 is 4.72 Å². The maximum Gasteiger partial charge on any atom is 0.251 e. The van der Waals surface area contributed by atoms with Crippen molar-refractivity contribution in [3.8, 4) is 0 Å². The summed E-state index contributed by atoms with van der Waals surface area (Å²) in [5.41, 5.74) is -0.0843. The van der Waals surface area contributed by atoms with Crippen LogP contribution in [0.2, 0.25) is 0 Å². The minimum absolute atomic E-state index is 0.0843. The lowest BCUT2D eigenvalue weighted by Gasteiger charge is -2.31. The van der Waals surface area contributed by atoms with E-state index in [9.17, 15) is 17.2 Å². The summed E-state index contributed by atoms with van der Waals surface area (Å²) in [6.07, 6.45) is -1.22. The molecule has 2 heterocycles. The first kappa shape index (κ1) is 18.8. The predicted octanol–water partition coefficient (Wildman–Crippen LogP) is 3.05. The number of likely N-dealkylation sites (tertiary alicyclic amines) is 1. The molecule has 0 amide bonds. The molecule has 1 N–H and O–H groups in total. The van der Waals surface area contributed by atoms with Gasteiger partial charge in [0.15, 0.2) is 0 Å². The number of nitrogens with one attached hydrogen (secondary N) is 1. The van der Waals surface area contributed by atoms with Crippen molar-refractivity contribution >= 4 is 21.4 Å². The van der Waals surface area contributed by atoms with E-state index in [0.717, 1.165) is 4.88 Å². The smallest absolute Gasteiger partial charge is 0.251 e. The maximum absolute atomic E-state index is 12.5. The summed E-state index contributed by atoms with van der Waals surface area (Å²) in [5, 5.41) is 0. The van der Waals surface area contributed by atoms with Gasteiger partial charge in [-0.1, -0.05) is 20.8 Å². The minimum atomic E-state index is -3.54. The summed E-state index contributed by atoms with van der Waals surface area (Å²) in [4.78, 5) is 2.70. The van der Waals surface area contributed by atoms with Crippen molar-refractivity contribution in [1.82, 2.24) is 9.62 Å². The zero-order valence-corrected chi connectivity index (χ0v) is 15.3. The van der Waals surface area contributed by atoms with Crippen molar-refractivity contribution in [2.45, 2.75) is 55.7 Å². The lowest BCUT2D eigenvalue weighted by atomic mass is 9.95. The molecule has 2 rings (SSSR count). The molecule has 0 radical (unpaired) electrons. The molecule has 132 valence electrons. The average molecular weight is 366 g/mol. The van der Waals surface area contributed by atoms with Crippen LogP contribution in [0.25, 0.3) is 0 Å². The summed E-state index contributed by atoms with van der Waals surface area (Å²) in [7, 11) is -3.54. The van der Waals surface area contributed by atoms with E-state index in [0.29, 0.717) is 30.1 Å². The first-order valence-corrected chi connectivity index (χ1v) is 10.0. The number of halogens is 2. The molecule has 0 spiro atoms. The molecule has 8 heteroatoms. The Hall–Kier alpha value is -0.570. The SMILES string of the molecule is CC(C)(C)c1ccc(S(=O)(=O)NC2CCN(CC(F)F)CC2)s1. The van der Waals surface area contributed by atoms with Crippen molar-refractivity contribution in [2.75, 3.05) is 19.6 Å². The number of nitrogens with zero attached hydrogens (tertiary/aromatic N) is 1. The molecule has 0 atom stereocenters. The molecule has 0 aliphatic carbocycles. The van der Waals surface area contributed by atoms with Crippen molar-refractivity contribution in [1.29, 1.82) is 0 Å². The Kier molecular flexibility index (Phi) is 5.81. The van der Waals surface area contributed by atoms with E-state index in [4.69, 9.17) is 0 Å². The van der Waals surface area contributed by atoms with Crippen LogP contribution in [0.3, 0.4) is 0 Å². The minimum Gasteiger partial charge on any atom is -0.298 e. The van der Waals surface area contributed by atoms with Gasteiger partial charge in [-0.2, -0.15) is 0 Å². The fourth-order valence-electron chi connectivity index (χ4n) is 2.57. The van der Waals surface area contributed by atoms with Crippen LogP contribution in [0.15, 0.2) is 16.3 Å². The van der Waals surface area contributed by atoms with Crippen molar-refractivity contribution in [3.63, 3.8) is 0 Å². The van der Waals surface area contributed by atoms with Gasteiger partial charge < -0.3 is 0 Å². The highest BCUT2D eigenvalue weighted by molar-refractivity contribution is 7.91. The standard InChI is InChI=1S/C15H24F2N2O2S2/c1-15(2,3)12-4-5-14(22-12)23(20,21)18-11-6-8-19(9-7-11)10-13(16)17/h4-5,11,13,18H,6-10H2,1-3H3. The van der Waals surface area contributed by atoms with Crippen LogP contribution in [0.4, 0.5) is 8.78 Å². The molecular weight excluding hydrogens is 342 g/mol. The molecular formula is C15H24F2N2O2S2. The van der Waals surface area contributed by atoms with Gasteiger partial charge in [-0.3, -0.25) is 4.90 Å². The molecule has 0 aromatic carbocycles. The summed E-state index contributed by atoms with van der Waals surface area (Å²) < 4.78 is 52.7. The topological polar surface area (TPSA) is 49.4 Å². The summed E-state index contributed by atoms with van der Waals surface area (Å²) >= 11 is 1.28. The van der Waals surface area contributed by atoms with Gasteiger partial charge in [-0.05, 0) is 43.5 Å². The van der Waals surface area contributed by atoms with Crippen molar-refractivity contribution in [3.05, 3.63) is 17.0 Å². The Morgan fingerprint density at radius 2 is 1.91 bits per heavy atom. The van der Waals surface area contributed by atoms with Gasteiger partial charge in [0.2, 0.25) is 10.0 Å². The Bertz CT molecular complexity index is 616. The Balaban J connectivity index is 1.96. The van der Waals surface area contributed by atoms with Gasteiger partial charge in [0, 0.05) is 10.9 Å². The average Bonchev–Trinajstić information content (AvgIpc) is 2.90. The Morgan fingerprint density at radius 3 is 2.39 bits per heavy atom. The Labute approximate surface area is 140 Å². The zero-order valence-electron chi connectivity index (χ0n) is 13.7. The van der Waals surface area contributed by atoms with Gasteiger partial charge in [0.1, 0.15) is 4.21 Å². The molecule has 0 unspecified atom stereocenters. The highest BCUT2D eigenvalue weighted by atomic mass is 32.2. The molecule has 1 saturated heterocycles. The van der Waals surface area contributed by atoms with Gasteiger partial charge in [0.25, 0.3) is 6.43 Å². The number of sulfonamides is 1. The first-order valence-electron chi connectivity index (χ1n) is 7.71. The van der Waals surface area contributed by atoms with Gasteiger partial charge in [0.05, 0.1) is 6.54 Å². The Morgan fingerprint density at radius 1 is 1.30 bits per heavy atom. The summed E-state index contributed by atoms with van der Waals surface area (Å²) in [6.45, 7) is 6.88. The largest absolute Gasteiger partial charge is 0.298 e. The molecule has 1 aliphatic rings. The third-order valence-corrected chi connectivity index (χ3v) is 7.41.